The van der Waals surface area contributed by atoms with Crippen LogP contribution in [0.5, 0.6) is 0 Å². The molecule has 27 heavy (non-hydrogen) atoms. The lowest BCUT2D eigenvalue weighted by Gasteiger charge is -2.44. The number of allylic oxidation sites excluding steroid dienone is 1. The van der Waals surface area contributed by atoms with E-state index in [4.69, 9.17) is 0 Å². The minimum atomic E-state index is -1.25. The zero-order chi connectivity index (χ0) is 19.0. The van der Waals surface area contributed by atoms with E-state index in [1.54, 1.807) is 0 Å². The van der Waals surface area contributed by atoms with Crippen LogP contribution in [0.15, 0.2) is 12.7 Å². The van der Waals surface area contributed by atoms with Crippen LogP contribution in [0.2, 0.25) is 0 Å². The van der Waals surface area contributed by atoms with Gasteiger partial charge in [0.25, 0.3) is 0 Å². The Morgan fingerprint density at radius 2 is 1.93 bits per heavy atom. The molecule has 8 unspecified atom stereocenters. The highest BCUT2D eigenvalue weighted by atomic mass is 16.5. The number of nitrogens with one attached hydrogen (secondary N) is 2. The Labute approximate surface area is 164 Å². The van der Waals surface area contributed by atoms with Crippen LogP contribution in [0.25, 0.3) is 0 Å². The maximum atomic E-state index is 9.93. The van der Waals surface area contributed by atoms with E-state index in [0.29, 0.717) is 36.6 Å². The van der Waals surface area contributed by atoms with E-state index >= 15 is 0 Å². The van der Waals surface area contributed by atoms with Crippen molar-refractivity contribution in [1.82, 2.24) is 15.5 Å². The van der Waals surface area contributed by atoms with Crippen LogP contribution >= 0.6 is 0 Å². The van der Waals surface area contributed by atoms with E-state index in [1.165, 1.54) is 44.9 Å². The van der Waals surface area contributed by atoms with E-state index in [9.17, 15) is 10.2 Å². The summed E-state index contributed by atoms with van der Waals surface area (Å²) >= 11 is 0. The summed E-state index contributed by atoms with van der Waals surface area (Å²) in [5.74, 6) is 2.77. The highest BCUT2D eigenvalue weighted by molar-refractivity contribution is 5.04. The predicted molar refractivity (Wildman–Crippen MR) is 108 cm³/mol. The molecule has 154 valence electrons. The number of hydrogen-bond acceptors (Lipinski definition) is 5. The molecule has 1 saturated carbocycles. The lowest BCUT2D eigenvalue weighted by atomic mass is 9.68. The smallest absolute Gasteiger partial charge is 0.168 e. The second-order valence-corrected chi connectivity index (χ2v) is 9.59. The van der Waals surface area contributed by atoms with Crippen molar-refractivity contribution in [3.8, 4) is 0 Å². The van der Waals surface area contributed by atoms with Gasteiger partial charge in [0.1, 0.15) is 0 Å². The fraction of sp³-hybridized carbons (Fsp3) is 0.909. The summed E-state index contributed by atoms with van der Waals surface area (Å²) in [5, 5.41) is 27.3. The molecular weight excluding hydrogens is 338 g/mol. The summed E-state index contributed by atoms with van der Waals surface area (Å²) < 4.78 is 0. The molecule has 0 aromatic heterocycles. The van der Waals surface area contributed by atoms with E-state index in [2.05, 4.69) is 35.1 Å². The molecule has 0 aromatic carbocycles. The molecule has 5 heteroatoms. The summed E-state index contributed by atoms with van der Waals surface area (Å²) in [4.78, 5) is 2.44. The zero-order valence-corrected chi connectivity index (χ0v) is 16.9. The van der Waals surface area contributed by atoms with Gasteiger partial charge in [-0.1, -0.05) is 19.4 Å². The van der Waals surface area contributed by atoms with Crippen LogP contribution in [0.3, 0.4) is 0 Å². The predicted octanol–water partition coefficient (Wildman–Crippen LogP) is 2.06. The third-order valence-corrected chi connectivity index (χ3v) is 8.16. The summed E-state index contributed by atoms with van der Waals surface area (Å²) in [6, 6.07) is 0.892. The fourth-order valence-corrected chi connectivity index (χ4v) is 6.79. The molecule has 4 aliphatic rings. The normalized spacial score (nSPS) is 46.4. The largest absolute Gasteiger partial charge is 0.367 e. The molecule has 3 saturated heterocycles. The minimum Gasteiger partial charge on any atom is -0.367 e. The summed E-state index contributed by atoms with van der Waals surface area (Å²) in [6.45, 7) is 8.29. The second-order valence-electron chi connectivity index (χ2n) is 9.59. The molecule has 0 spiro atoms. The lowest BCUT2D eigenvalue weighted by Crippen LogP contribution is -2.54. The van der Waals surface area contributed by atoms with Crippen LogP contribution < -0.4 is 10.6 Å². The Bertz CT molecular complexity index is 514. The molecule has 0 amide bonds. The molecule has 4 fully saturated rings. The van der Waals surface area contributed by atoms with Gasteiger partial charge in [-0.3, -0.25) is 10.2 Å². The van der Waals surface area contributed by atoms with Gasteiger partial charge in [0.15, 0.2) is 6.29 Å². The van der Waals surface area contributed by atoms with Crippen molar-refractivity contribution in [3.63, 3.8) is 0 Å². The summed E-state index contributed by atoms with van der Waals surface area (Å²) in [7, 11) is 0. The van der Waals surface area contributed by atoms with Crippen molar-refractivity contribution in [2.24, 2.45) is 23.7 Å². The van der Waals surface area contributed by atoms with Crippen molar-refractivity contribution in [1.29, 1.82) is 0 Å². The first-order chi connectivity index (χ1) is 13.1. The van der Waals surface area contributed by atoms with Crippen LogP contribution in [0.4, 0.5) is 0 Å². The SMILES string of the molecule is C=CC1CCC(C2NCCCCC2C2CCC3NCC(C(O)O)N32)CC1C. The topological polar surface area (TPSA) is 67.8 Å². The van der Waals surface area contributed by atoms with Crippen molar-refractivity contribution < 1.29 is 10.2 Å². The van der Waals surface area contributed by atoms with E-state index < -0.39 is 6.29 Å². The fourth-order valence-electron chi connectivity index (χ4n) is 6.79. The molecule has 0 radical (unpaired) electrons. The molecule has 1 aliphatic carbocycles. The lowest BCUT2D eigenvalue weighted by molar-refractivity contribution is -0.100. The van der Waals surface area contributed by atoms with Gasteiger partial charge in [-0.2, -0.15) is 0 Å². The highest BCUT2D eigenvalue weighted by Crippen LogP contribution is 2.43. The van der Waals surface area contributed by atoms with Gasteiger partial charge >= 0.3 is 0 Å². The Kier molecular flexibility index (Phi) is 6.25. The van der Waals surface area contributed by atoms with Crippen molar-refractivity contribution in [3.05, 3.63) is 12.7 Å². The van der Waals surface area contributed by atoms with Crippen LogP contribution in [-0.4, -0.2) is 58.8 Å². The maximum Gasteiger partial charge on any atom is 0.168 e. The van der Waals surface area contributed by atoms with Gasteiger partial charge in [-0.15, -0.1) is 6.58 Å². The Balaban J connectivity index is 1.53. The first-order valence-corrected chi connectivity index (χ1v) is 11.3. The summed E-state index contributed by atoms with van der Waals surface area (Å²) in [5.41, 5.74) is 0. The molecule has 4 N–H and O–H groups in total. The van der Waals surface area contributed by atoms with Gasteiger partial charge < -0.3 is 15.5 Å². The number of rotatable bonds is 4. The second kappa shape index (κ2) is 8.50. The Morgan fingerprint density at radius 1 is 1.07 bits per heavy atom. The Morgan fingerprint density at radius 3 is 2.67 bits per heavy atom. The van der Waals surface area contributed by atoms with Crippen molar-refractivity contribution >= 4 is 0 Å². The monoisotopic (exact) mass is 377 g/mol. The van der Waals surface area contributed by atoms with Crippen LogP contribution in [0.1, 0.15) is 58.3 Å². The van der Waals surface area contributed by atoms with Gasteiger partial charge in [0.2, 0.25) is 0 Å². The molecule has 0 bridgehead atoms. The average Bonchev–Trinajstić information content (AvgIpc) is 3.16. The van der Waals surface area contributed by atoms with Gasteiger partial charge in [-0.05, 0) is 75.2 Å². The standard InChI is InChI=1S/C22H39N3O2/c1-3-15-7-8-16(12-14(15)2)21-17(6-4-5-11-23-21)18-9-10-20-24-13-19(22(26)27)25(18)20/h3,14-24,26-27H,1,4-13H2,2H3. The van der Waals surface area contributed by atoms with E-state index in [1.807, 2.05) is 0 Å². The Hall–Kier alpha value is -0.460. The van der Waals surface area contributed by atoms with Crippen LogP contribution in [0, 0.1) is 23.7 Å². The maximum absolute atomic E-state index is 9.93. The average molecular weight is 378 g/mol. The van der Waals surface area contributed by atoms with E-state index in [0.717, 1.165) is 24.8 Å². The molecular formula is C22H39N3O2. The third kappa shape index (κ3) is 3.86. The number of fused-ring (bicyclic) bond motifs is 1. The molecule has 3 aliphatic heterocycles. The van der Waals surface area contributed by atoms with Gasteiger partial charge in [0, 0.05) is 18.6 Å². The molecule has 4 rings (SSSR count). The molecule has 0 aromatic rings. The zero-order valence-electron chi connectivity index (χ0n) is 16.9. The van der Waals surface area contributed by atoms with Gasteiger partial charge in [-0.25, -0.2) is 0 Å². The molecule has 8 atom stereocenters. The molecule has 5 nitrogen and oxygen atoms in total. The number of aliphatic hydroxyl groups is 2. The van der Waals surface area contributed by atoms with Crippen LogP contribution in [-0.2, 0) is 0 Å². The first kappa shape index (κ1) is 19.8. The van der Waals surface area contributed by atoms with E-state index in [-0.39, 0.29) is 6.04 Å². The quantitative estimate of drug-likeness (QED) is 0.446. The number of hydrogen-bond donors (Lipinski definition) is 4. The summed E-state index contributed by atoms with van der Waals surface area (Å²) in [6.07, 6.45) is 11.3. The van der Waals surface area contributed by atoms with Gasteiger partial charge in [0.05, 0.1) is 12.2 Å². The number of nitrogens with zero attached hydrogens (tertiary/aromatic N) is 1. The number of aliphatic hydroxyl groups excluding tert-OH is 1. The highest BCUT2D eigenvalue weighted by Gasteiger charge is 2.50. The third-order valence-electron chi connectivity index (χ3n) is 8.16. The minimum absolute atomic E-state index is 0.151. The first-order valence-electron chi connectivity index (χ1n) is 11.3. The van der Waals surface area contributed by atoms with Crippen molar-refractivity contribution in [2.75, 3.05) is 13.1 Å². The van der Waals surface area contributed by atoms with Crippen molar-refractivity contribution in [2.45, 2.75) is 88.9 Å². The molecule has 3 heterocycles.